The molecule has 0 atom stereocenters. The van der Waals surface area contributed by atoms with Gasteiger partial charge < -0.3 is 13.9 Å². The Morgan fingerprint density at radius 2 is 1.92 bits per heavy atom. The monoisotopic (exact) mass is 323 g/mol. The number of esters is 1. The molecule has 0 amide bonds. The molecule has 0 fully saturated rings. The standard InChI is InChI=1S/C20H21NO3/c1-3-23-20(22)14-24-19-10-7-11-21-17(15(2)12-18(19)21)13-16-8-5-4-6-9-16/h4-12H,3,13-14H2,1-2H3. The van der Waals surface area contributed by atoms with E-state index >= 15 is 0 Å². The van der Waals surface area contributed by atoms with E-state index in [1.165, 1.54) is 16.8 Å². The Bertz CT molecular complexity index is 837. The van der Waals surface area contributed by atoms with Crippen molar-refractivity contribution in [2.24, 2.45) is 0 Å². The summed E-state index contributed by atoms with van der Waals surface area (Å²) in [7, 11) is 0. The van der Waals surface area contributed by atoms with E-state index < -0.39 is 0 Å². The number of aromatic nitrogens is 1. The molecule has 24 heavy (non-hydrogen) atoms. The maximum Gasteiger partial charge on any atom is 0.344 e. The predicted molar refractivity (Wildman–Crippen MR) is 93.5 cm³/mol. The number of hydrogen-bond donors (Lipinski definition) is 0. The topological polar surface area (TPSA) is 39.9 Å². The number of pyridine rings is 1. The van der Waals surface area contributed by atoms with Crippen LogP contribution in [0.4, 0.5) is 0 Å². The highest BCUT2D eigenvalue weighted by atomic mass is 16.6. The molecule has 4 heteroatoms. The third-order valence-corrected chi connectivity index (χ3v) is 3.96. The molecule has 0 aliphatic rings. The molecule has 4 nitrogen and oxygen atoms in total. The van der Waals surface area contributed by atoms with Crippen molar-refractivity contribution < 1.29 is 14.3 Å². The summed E-state index contributed by atoms with van der Waals surface area (Å²) in [6.45, 7) is 4.16. The molecule has 0 saturated carbocycles. The molecule has 3 aromatic rings. The molecule has 0 aliphatic heterocycles. The molecule has 0 radical (unpaired) electrons. The summed E-state index contributed by atoms with van der Waals surface area (Å²) in [5.41, 5.74) is 4.65. The van der Waals surface area contributed by atoms with Crippen molar-refractivity contribution in [2.75, 3.05) is 13.2 Å². The number of fused-ring (bicyclic) bond motifs is 1. The van der Waals surface area contributed by atoms with Gasteiger partial charge >= 0.3 is 5.97 Å². The first kappa shape index (κ1) is 16.1. The number of ether oxygens (including phenoxy) is 2. The maximum atomic E-state index is 11.5. The average molecular weight is 323 g/mol. The molecule has 124 valence electrons. The number of carbonyl (C=O) groups excluding carboxylic acids is 1. The van der Waals surface area contributed by atoms with Gasteiger partial charge in [0.1, 0.15) is 5.75 Å². The highest BCUT2D eigenvalue weighted by Crippen LogP contribution is 2.26. The molecular formula is C20H21NO3. The van der Waals surface area contributed by atoms with Crippen LogP contribution in [0.25, 0.3) is 5.52 Å². The molecule has 3 rings (SSSR count). The van der Waals surface area contributed by atoms with Gasteiger partial charge in [-0.05, 0) is 43.2 Å². The molecule has 0 bridgehead atoms. The highest BCUT2D eigenvalue weighted by molar-refractivity contribution is 5.72. The van der Waals surface area contributed by atoms with Crippen molar-refractivity contribution in [3.05, 3.63) is 71.5 Å². The Hall–Kier alpha value is -2.75. The van der Waals surface area contributed by atoms with E-state index in [0.717, 1.165) is 11.9 Å². The fourth-order valence-corrected chi connectivity index (χ4v) is 2.83. The van der Waals surface area contributed by atoms with Gasteiger partial charge in [0.05, 0.1) is 12.1 Å². The van der Waals surface area contributed by atoms with E-state index in [2.05, 4.69) is 29.5 Å². The first-order chi connectivity index (χ1) is 11.7. The Morgan fingerprint density at radius 3 is 2.67 bits per heavy atom. The maximum absolute atomic E-state index is 11.5. The first-order valence-electron chi connectivity index (χ1n) is 8.11. The van der Waals surface area contributed by atoms with E-state index in [1.807, 2.05) is 36.5 Å². The summed E-state index contributed by atoms with van der Waals surface area (Å²) in [5.74, 6) is 0.334. The van der Waals surface area contributed by atoms with E-state index in [9.17, 15) is 4.79 Å². The van der Waals surface area contributed by atoms with Crippen LogP contribution < -0.4 is 4.74 Å². The number of nitrogens with zero attached hydrogens (tertiary/aromatic N) is 1. The lowest BCUT2D eigenvalue weighted by molar-refractivity contribution is -0.145. The van der Waals surface area contributed by atoms with E-state index in [0.29, 0.717) is 12.4 Å². The fraction of sp³-hybridized carbons (Fsp3) is 0.250. The van der Waals surface area contributed by atoms with Crippen molar-refractivity contribution in [2.45, 2.75) is 20.3 Å². The Morgan fingerprint density at radius 1 is 1.12 bits per heavy atom. The largest absolute Gasteiger partial charge is 0.480 e. The number of rotatable bonds is 6. The lowest BCUT2D eigenvalue weighted by Gasteiger charge is -2.09. The number of hydrogen-bond acceptors (Lipinski definition) is 3. The first-order valence-corrected chi connectivity index (χ1v) is 8.11. The minimum Gasteiger partial charge on any atom is -0.480 e. The third kappa shape index (κ3) is 3.43. The minimum absolute atomic E-state index is 0.0776. The second-order valence-corrected chi connectivity index (χ2v) is 5.66. The average Bonchev–Trinajstić information content (AvgIpc) is 2.91. The molecule has 0 unspecified atom stereocenters. The summed E-state index contributed by atoms with van der Waals surface area (Å²) in [6.07, 6.45) is 2.88. The van der Waals surface area contributed by atoms with Gasteiger partial charge in [-0.15, -0.1) is 0 Å². The van der Waals surface area contributed by atoms with Gasteiger partial charge in [-0.1, -0.05) is 30.3 Å². The van der Waals surface area contributed by atoms with Gasteiger partial charge in [0.2, 0.25) is 0 Å². The molecule has 0 aliphatic carbocycles. The van der Waals surface area contributed by atoms with Gasteiger partial charge in [-0.25, -0.2) is 4.79 Å². The summed E-state index contributed by atoms with van der Waals surface area (Å²) in [4.78, 5) is 11.5. The molecule has 0 spiro atoms. The van der Waals surface area contributed by atoms with Crippen LogP contribution in [0.15, 0.2) is 54.7 Å². The molecule has 2 aromatic heterocycles. The Kier molecular flexibility index (Phi) is 4.85. The van der Waals surface area contributed by atoms with Crippen LogP contribution in [0.5, 0.6) is 5.75 Å². The smallest absolute Gasteiger partial charge is 0.344 e. The zero-order valence-electron chi connectivity index (χ0n) is 14.0. The summed E-state index contributed by atoms with van der Waals surface area (Å²) in [6, 6.07) is 16.3. The van der Waals surface area contributed by atoms with Gasteiger partial charge in [0, 0.05) is 18.3 Å². The van der Waals surface area contributed by atoms with Crippen molar-refractivity contribution in [1.29, 1.82) is 0 Å². The van der Waals surface area contributed by atoms with Crippen LogP contribution in [0, 0.1) is 6.92 Å². The van der Waals surface area contributed by atoms with Crippen LogP contribution in [0.3, 0.4) is 0 Å². The lowest BCUT2D eigenvalue weighted by Crippen LogP contribution is -2.14. The molecular weight excluding hydrogens is 302 g/mol. The van der Waals surface area contributed by atoms with E-state index in [4.69, 9.17) is 9.47 Å². The van der Waals surface area contributed by atoms with Crippen molar-refractivity contribution in [3.8, 4) is 5.75 Å². The van der Waals surface area contributed by atoms with Crippen LogP contribution in [0.1, 0.15) is 23.7 Å². The van der Waals surface area contributed by atoms with Crippen LogP contribution in [-0.4, -0.2) is 23.6 Å². The normalized spacial score (nSPS) is 10.8. The molecule has 0 saturated heterocycles. The minimum atomic E-state index is -0.354. The van der Waals surface area contributed by atoms with Crippen molar-refractivity contribution in [1.82, 2.24) is 4.40 Å². The van der Waals surface area contributed by atoms with E-state index in [1.54, 1.807) is 6.92 Å². The number of benzene rings is 1. The Balaban J connectivity index is 1.88. The van der Waals surface area contributed by atoms with Gasteiger partial charge in [0.15, 0.2) is 6.61 Å². The van der Waals surface area contributed by atoms with Gasteiger partial charge in [-0.3, -0.25) is 0 Å². The zero-order valence-corrected chi connectivity index (χ0v) is 14.0. The zero-order chi connectivity index (χ0) is 16.9. The second-order valence-electron chi connectivity index (χ2n) is 5.66. The van der Waals surface area contributed by atoms with E-state index in [-0.39, 0.29) is 12.6 Å². The Labute approximate surface area is 141 Å². The number of carbonyl (C=O) groups is 1. The predicted octanol–water partition coefficient (Wildman–Crippen LogP) is 3.78. The third-order valence-electron chi connectivity index (χ3n) is 3.96. The quantitative estimate of drug-likeness (QED) is 0.648. The summed E-state index contributed by atoms with van der Waals surface area (Å²) >= 11 is 0. The van der Waals surface area contributed by atoms with Gasteiger partial charge in [0.25, 0.3) is 0 Å². The van der Waals surface area contributed by atoms with Crippen molar-refractivity contribution in [3.63, 3.8) is 0 Å². The molecule has 0 N–H and O–H groups in total. The molecule has 2 heterocycles. The summed E-state index contributed by atoms with van der Waals surface area (Å²) in [5, 5.41) is 0. The lowest BCUT2D eigenvalue weighted by atomic mass is 10.1. The second kappa shape index (κ2) is 7.21. The SMILES string of the molecule is CCOC(=O)COc1cccn2c(Cc3ccccc3)c(C)cc12. The number of aryl methyl sites for hydroxylation is 1. The van der Waals surface area contributed by atoms with Gasteiger partial charge in [-0.2, -0.15) is 0 Å². The highest BCUT2D eigenvalue weighted by Gasteiger charge is 2.12. The van der Waals surface area contributed by atoms with Crippen LogP contribution in [-0.2, 0) is 16.0 Å². The van der Waals surface area contributed by atoms with Crippen LogP contribution >= 0.6 is 0 Å². The molecule has 1 aromatic carbocycles. The van der Waals surface area contributed by atoms with Crippen molar-refractivity contribution >= 4 is 11.5 Å². The summed E-state index contributed by atoms with van der Waals surface area (Å²) < 4.78 is 12.7. The van der Waals surface area contributed by atoms with Crippen LogP contribution in [0.2, 0.25) is 0 Å². The fourth-order valence-electron chi connectivity index (χ4n) is 2.83.